The van der Waals surface area contributed by atoms with Crippen LogP contribution in [0.3, 0.4) is 0 Å². The van der Waals surface area contributed by atoms with Gasteiger partial charge >= 0.3 is 0 Å². The summed E-state index contributed by atoms with van der Waals surface area (Å²) >= 11 is 2.18. The molecule has 0 radical (unpaired) electrons. The van der Waals surface area contributed by atoms with Gasteiger partial charge in [0.2, 0.25) is 0 Å². The number of nitrogens with one attached hydrogen (secondary N) is 1. The van der Waals surface area contributed by atoms with E-state index in [9.17, 15) is 4.79 Å². The molecule has 3 nitrogen and oxygen atoms in total. The van der Waals surface area contributed by atoms with Gasteiger partial charge in [-0.05, 0) is 45.9 Å². The molecule has 0 aliphatic rings. The maximum absolute atomic E-state index is 12.1. The van der Waals surface area contributed by atoms with Crippen LogP contribution >= 0.6 is 22.6 Å². The number of halogens is 1. The number of hydrogen-bond acceptors (Lipinski definition) is 2. The Labute approximate surface area is 137 Å². The molecule has 0 bridgehead atoms. The van der Waals surface area contributed by atoms with Crippen LogP contribution in [-0.2, 0) is 11.3 Å². The average Bonchev–Trinajstić information content (AvgIpc) is 2.53. The first-order chi connectivity index (χ1) is 10.2. The van der Waals surface area contributed by atoms with Crippen LogP contribution < -0.4 is 5.32 Å². The molecule has 2 aromatic rings. The van der Waals surface area contributed by atoms with Crippen LogP contribution in [0.25, 0.3) is 6.08 Å². The Morgan fingerprint density at radius 1 is 1.14 bits per heavy atom. The van der Waals surface area contributed by atoms with Crippen molar-refractivity contribution in [2.24, 2.45) is 0 Å². The first-order valence-corrected chi connectivity index (χ1v) is 7.47. The first kappa shape index (κ1) is 15.3. The second-order valence-corrected chi connectivity index (χ2v) is 5.52. The summed E-state index contributed by atoms with van der Waals surface area (Å²) in [6.45, 7) is 0.407. The molecule has 2 rings (SSSR count). The van der Waals surface area contributed by atoms with Crippen molar-refractivity contribution >= 4 is 34.6 Å². The summed E-state index contributed by atoms with van der Waals surface area (Å²) in [5.41, 5.74) is 1.97. The minimum atomic E-state index is -0.360. The topological polar surface area (TPSA) is 52.9 Å². The number of amides is 1. The van der Waals surface area contributed by atoms with E-state index >= 15 is 0 Å². The highest BCUT2D eigenvalue weighted by molar-refractivity contribution is 14.1. The van der Waals surface area contributed by atoms with Gasteiger partial charge in [-0.3, -0.25) is 4.79 Å². The number of rotatable bonds is 4. The highest BCUT2D eigenvalue weighted by atomic mass is 127. The maximum atomic E-state index is 12.1. The van der Waals surface area contributed by atoms with Gasteiger partial charge in [-0.15, -0.1) is 0 Å². The van der Waals surface area contributed by atoms with E-state index in [4.69, 9.17) is 5.26 Å². The molecule has 0 fully saturated rings. The Balaban J connectivity index is 2.09. The largest absolute Gasteiger partial charge is 0.347 e. The third-order valence-electron chi connectivity index (χ3n) is 2.87. The summed E-state index contributed by atoms with van der Waals surface area (Å²) in [6, 6.07) is 19.2. The molecule has 1 amide bonds. The minimum Gasteiger partial charge on any atom is -0.347 e. The van der Waals surface area contributed by atoms with Crippen molar-refractivity contribution in [3.63, 3.8) is 0 Å². The second-order valence-electron chi connectivity index (χ2n) is 4.36. The smallest absolute Gasteiger partial charge is 0.262 e. The molecule has 1 N–H and O–H groups in total. The van der Waals surface area contributed by atoms with Crippen molar-refractivity contribution in [1.29, 1.82) is 5.26 Å². The van der Waals surface area contributed by atoms with E-state index in [-0.39, 0.29) is 11.5 Å². The molecular formula is C17H13IN2O. The van der Waals surface area contributed by atoms with Crippen molar-refractivity contribution in [3.8, 4) is 6.07 Å². The lowest BCUT2D eigenvalue weighted by molar-refractivity contribution is -0.117. The lowest BCUT2D eigenvalue weighted by Crippen LogP contribution is -2.23. The van der Waals surface area contributed by atoms with E-state index in [1.54, 1.807) is 6.08 Å². The van der Waals surface area contributed by atoms with Crippen LogP contribution in [-0.4, -0.2) is 5.91 Å². The van der Waals surface area contributed by atoms with E-state index in [1.165, 1.54) is 0 Å². The molecule has 0 saturated heterocycles. The number of hydrogen-bond donors (Lipinski definition) is 1. The summed E-state index contributed by atoms with van der Waals surface area (Å²) in [5.74, 6) is -0.360. The molecule has 21 heavy (non-hydrogen) atoms. The lowest BCUT2D eigenvalue weighted by atomic mass is 10.1. The van der Waals surface area contributed by atoms with Gasteiger partial charge in [0.1, 0.15) is 11.6 Å². The van der Waals surface area contributed by atoms with Gasteiger partial charge in [0, 0.05) is 10.1 Å². The predicted molar refractivity (Wildman–Crippen MR) is 91.0 cm³/mol. The van der Waals surface area contributed by atoms with Crippen molar-refractivity contribution in [2.45, 2.75) is 6.54 Å². The summed E-state index contributed by atoms with van der Waals surface area (Å²) in [4.78, 5) is 12.1. The van der Waals surface area contributed by atoms with Gasteiger partial charge in [0.15, 0.2) is 0 Å². The predicted octanol–water partition coefficient (Wildman–Crippen LogP) is 3.51. The summed E-state index contributed by atoms with van der Waals surface area (Å²) in [7, 11) is 0. The number of benzene rings is 2. The Kier molecular flexibility index (Phi) is 5.52. The van der Waals surface area contributed by atoms with Crippen LogP contribution in [0, 0.1) is 14.9 Å². The van der Waals surface area contributed by atoms with Gasteiger partial charge in [0.05, 0.1) is 0 Å². The molecular weight excluding hydrogens is 375 g/mol. The Hall–Kier alpha value is -2.13. The van der Waals surface area contributed by atoms with Crippen LogP contribution in [0.2, 0.25) is 0 Å². The van der Waals surface area contributed by atoms with Gasteiger partial charge in [-0.1, -0.05) is 48.5 Å². The molecule has 0 heterocycles. The van der Waals surface area contributed by atoms with Crippen LogP contribution in [0.5, 0.6) is 0 Å². The zero-order valence-corrected chi connectivity index (χ0v) is 13.4. The average molecular weight is 388 g/mol. The number of carbonyl (C=O) groups excluding carboxylic acids is 1. The molecule has 0 saturated carbocycles. The molecule has 0 aliphatic heterocycles. The fraction of sp³-hybridized carbons (Fsp3) is 0.0588. The molecule has 0 aliphatic carbocycles. The zero-order chi connectivity index (χ0) is 15.1. The van der Waals surface area contributed by atoms with E-state index in [0.29, 0.717) is 6.54 Å². The SMILES string of the molecule is N#CC(=Cc1ccccc1I)C(=O)NCc1ccccc1. The fourth-order valence-corrected chi connectivity index (χ4v) is 2.31. The quantitative estimate of drug-likeness (QED) is 0.495. The van der Waals surface area contributed by atoms with Crippen LogP contribution in [0.15, 0.2) is 60.2 Å². The van der Waals surface area contributed by atoms with Gasteiger partial charge in [-0.25, -0.2) is 0 Å². The third-order valence-corrected chi connectivity index (χ3v) is 3.85. The highest BCUT2D eigenvalue weighted by Gasteiger charge is 2.09. The second kappa shape index (κ2) is 7.60. The monoisotopic (exact) mass is 388 g/mol. The lowest BCUT2D eigenvalue weighted by Gasteiger charge is -2.05. The molecule has 2 aromatic carbocycles. The Morgan fingerprint density at radius 3 is 2.48 bits per heavy atom. The molecule has 104 valence electrons. The fourth-order valence-electron chi connectivity index (χ4n) is 1.77. The zero-order valence-electron chi connectivity index (χ0n) is 11.2. The number of nitrogens with zero attached hydrogens (tertiary/aromatic N) is 1. The molecule has 0 spiro atoms. The van der Waals surface area contributed by atoms with E-state index < -0.39 is 0 Å². The molecule has 0 unspecified atom stereocenters. The van der Waals surface area contributed by atoms with Gasteiger partial charge < -0.3 is 5.32 Å². The Bertz CT molecular complexity index is 702. The van der Waals surface area contributed by atoms with Crippen molar-refractivity contribution in [3.05, 3.63) is 74.9 Å². The van der Waals surface area contributed by atoms with Gasteiger partial charge in [0.25, 0.3) is 5.91 Å². The normalized spacial score (nSPS) is 10.8. The molecule has 0 atom stereocenters. The van der Waals surface area contributed by atoms with Crippen molar-refractivity contribution in [1.82, 2.24) is 5.32 Å². The number of carbonyl (C=O) groups is 1. The summed E-state index contributed by atoms with van der Waals surface area (Å²) in [6.07, 6.45) is 1.61. The van der Waals surface area contributed by atoms with E-state index in [2.05, 4.69) is 27.9 Å². The molecule has 4 heteroatoms. The minimum absolute atomic E-state index is 0.107. The summed E-state index contributed by atoms with van der Waals surface area (Å²) < 4.78 is 0.999. The third kappa shape index (κ3) is 4.43. The molecule has 0 aromatic heterocycles. The van der Waals surface area contributed by atoms with Gasteiger partial charge in [-0.2, -0.15) is 5.26 Å². The van der Waals surface area contributed by atoms with Crippen LogP contribution in [0.4, 0.5) is 0 Å². The highest BCUT2D eigenvalue weighted by Crippen LogP contribution is 2.15. The summed E-state index contributed by atoms with van der Waals surface area (Å²) in [5, 5.41) is 11.9. The first-order valence-electron chi connectivity index (χ1n) is 6.39. The van der Waals surface area contributed by atoms with Crippen molar-refractivity contribution < 1.29 is 4.79 Å². The number of nitriles is 1. The van der Waals surface area contributed by atoms with Crippen molar-refractivity contribution in [2.75, 3.05) is 0 Å². The Morgan fingerprint density at radius 2 is 1.81 bits per heavy atom. The standard InChI is InChI=1S/C17H13IN2O/c18-16-9-5-4-8-14(16)10-15(11-19)17(21)20-12-13-6-2-1-3-7-13/h1-10H,12H2,(H,20,21). The van der Waals surface area contributed by atoms with E-state index in [1.807, 2.05) is 60.7 Å². The van der Waals surface area contributed by atoms with E-state index in [0.717, 1.165) is 14.7 Å². The maximum Gasteiger partial charge on any atom is 0.262 e. The van der Waals surface area contributed by atoms with Crippen LogP contribution in [0.1, 0.15) is 11.1 Å².